The van der Waals surface area contributed by atoms with Gasteiger partial charge in [-0.15, -0.1) is 0 Å². The molecule has 0 radical (unpaired) electrons. The summed E-state index contributed by atoms with van der Waals surface area (Å²) >= 11 is 0. The van der Waals surface area contributed by atoms with Crippen molar-refractivity contribution < 1.29 is 33.4 Å². The minimum Gasteiger partial charge on any atom is -0.486 e. The van der Waals surface area contributed by atoms with Gasteiger partial charge in [0.15, 0.2) is 5.78 Å². The SMILES string of the molecule is CC(C)(C)OC(=O)Nc1cc(-c2ccccc2)n(CC(=O)NC(Cc2ccccc2)C(=O)COC2=CC(=O)OC2)c(=O)c1. The number of aromatic nitrogens is 1. The number of carbonyl (C=O) groups excluding carboxylic acids is 4. The van der Waals surface area contributed by atoms with Crippen LogP contribution in [0.2, 0.25) is 0 Å². The monoisotopic (exact) mass is 587 g/mol. The van der Waals surface area contributed by atoms with E-state index in [1.165, 1.54) is 10.6 Å². The highest BCUT2D eigenvalue weighted by Crippen LogP contribution is 2.22. The van der Waals surface area contributed by atoms with Crippen LogP contribution in [0.5, 0.6) is 0 Å². The number of carbonyl (C=O) groups is 4. The highest BCUT2D eigenvalue weighted by atomic mass is 16.6. The van der Waals surface area contributed by atoms with Crippen LogP contribution >= 0.6 is 0 Å². The molecule has 3 aromatic rings. The second-order valence-electron chi connectivity index (χ2n) is 10.8. The Morgan fingerprint density at radius 1 is 0.977 bits per heavy atom. The summed E-state index contributed by atoms with van der Waals surface area (Å²) in [6, 6.07) is 19.8. The predicted molar refractivity (Wildman–Crippen MR) is 158 cm³/mol. The Morgan fingerprint density at radius 2 is 1.65 bits per heavy atom. The Bertz CT molecular complexity index is 1570. The summed E-state index contributed by atoms with van der Waals surface area (Å²) in [5.74, 6) is -1.34. The minimum absolute atomic E-state index is 0.0637. The van der Waals surface area contributed by atoms with E-state index in [1.54, 1.807) is 51.1 Å². The molecule has 43 heavy (non-hydrogen) atoms. The van der Waals surface area contributed by atoms with E-state index in [0.29, 0.717) is 11.3 Å². The van der Waals surface area contributed by atoms with Gasteiger partial charge in [0.25, 0.3) is 5.56 Å². The number of benzene rings is 2. The van der Waals surface area contributed by atoms with E-state index in [0.717, 1.165) is 11.6 Å². The van der Waals surface area contributed by atoms with E-state index < -0.39 is 47.5 Å². The van der Waals surface area contributed by atoms with Crippen LogP contribution in [0.4, 0.5) is 10.5 Å². The van der Waals surface area contributed by atoms with Crippen LogP contribution in [0.25, 0.3) is 11.3 Å². The standard InChI is InChI=1S/C32H33N3O8/c1-32(2,3)43-31(40)33-23-15-26(22-12-8-5-9-13-22)35(29(38)16-23)18-28(37)34-25(14-21-10-6-4-7-11-21)27(36)20-41-24-17-30(39)42-19-24/h4-13,15-17,25H,14,18-20H2,1-3H3,(H,33,40)(H,34,37). The van der Waals surface area contributed by atoms with Crippen LogP contribution in [0.1, 0.15) is 26.3 Å². The van der Waals surface area contributed by atoms with Gasteiger partial charge in [-0.25, -0.2) is 9.59 Å². The van der Waals surface area contributed by atoms with Gasteiger partial charge in [0.05, 0.1) is 23.5 Å². The van der Waals surface area contributed by atoms with Crippen molar-refractivity contribution in [3.8, 4) is 11.3 Å². The van der Waals surface area contributed by atoms with Crippen LogP contribution in [-0.4, -0.2) is 53.2 Å². The Labute approximate surface area is 248 Å². The molecular weight excluding hydrogens is 554 g/mol. The molecule has 1 aliphatic heterocycles. The van der Waals surface area contributed by atoms with Gasteiger partial charge in [-0.2, -0.15) is 0 Å². The molecule has 1 atom stereocenters. The molecule has 2 amide bonds. The molecule has 11 nitrogen and oxygen atoms in total. The zero-order valence-electron chi connectivity index (χ0n) is 24.1. The molecule has 4 rings (SSSR count). The number of nitrogens with one attached hydrogen (secondary N) is 2. The zero-order valence-corrected chi connectivity index (χ0v) is 24.1. The number of Topliss-reactive ketones (excluding diaryl/α,β-unsaturated/α-hetero) is 1. The first-order valence-electron chi connectivity index (χ1n) is 13.6. The summed E-state index contributed by atoms with van der Waals surface area (Å²) in [4.78, 5) is 63.5. The first kappa shape index (κ1) is 30.8. The number of ketones is 1. The molecule has 0 fully saturated rings. The van der Waals surface area contributed by atoms with Crippen LogP contribution < -0.4 is 16.2 Å². The van der Waals surface area contributed by atoms with Crippen LogP contribution in [0.15, 0.2) is 89.4 Å². The van der Waals surface area contributed by atoms with Gasteiger partial charge in [0, 0.05) is 6.07 Å². The molecule has 1 aromatic heterocycles. The molecule has 0 aliphatic carbocycles. The summed E-state index contributed by atoms with van der Waals surface area (Å²) < 4.78 is 16.8. The van der Waals surface area contributed by atoms with Crippen molar-refractivity contribution in [3.05, 3.63) is 101 Å². The van der Waals surface area contributed by atoms with Gasteiger partial charge in [-0.1, -0.05) is 60.7 Å². The molecule has 11 heteroatoms. The van der Waals surface area contributed by atoms with Crippen molar-refractivity contribution >= 4 is 29.4 Å². The summed E-state index contributed by atoms with van der Waals surface area (Å²) in [6.07, 6.45) is 0.620. The number of amides is 2. The smallest absolute Gasteiger partial charge is 0.412 e. The first-order valence-corrected chi connectivity index (χ1v) is 13.6. The van der Waals surface area contributed by atoms with E-state index in [4.69, 9.17) is 14.2 Å². The van der Waals surface area contributed by atoms with Crippen molar-refractivity contribution in [3.63, 3.8) is 0 Å². The molecule has 1 aliphatic rings. The van der Waals surface area contributed by atoms with Gasteiger partial charge < -0.3 is 19.5 Å². The lowest BCUT2D eigenvalue weighted by Gasteiger charge is -2.21. The fraction of sp³-hybridized carbons (Fsp3) is 0.281. The lowest BCUT2D eigenvalue weighted by molar-refractivity contribution is -0.135. The second kappa shape index (κ2) is 13.6. The number of nitrogens with zero attached hydrogens (tertiary/aromatic N) is 1. The maximum absolute atomic E-state index is 13.3. The maximum atomic E-state index is 13.3. The number of pyridine rings is 1. The molecule has 0 saturated heterocycles. The van der Waals surface area contributed by atoms with E-state index >= 15 is 0 Å². The van der Waals surface area contributed by atoms with Crippen molar-refractivity contribution in [2.24, 2.45) is 0 Å². The van der Waals surface area contributed by atoms with Gasteiger partial charge in [0.2, 0.25) is 5.91 Å². The topological polar surface area (TPSA) is 142 Å². The van der Waals surface area contributed by atoms with Crippen LogP contribution in [0.3, 0.4) is 0 Å². The molecule has 0 bridgehead atoms. The third-order valence-corrected chi connectivity index (χ3v) is 6.19. The van der Waals surface area contributed by atoms with Gasteiger partial charge in [-0.3, -0.25) is 24.3 Å². The second-order valence-corrected chi connectivity index (χ2v) is 10.8. The average molecular weight is 588 g/mol. The normalized spacial score (nSPS) is 13.4. The number of esters is 1. The highest BCUT2D eigenvalue weighted by molar-refractivity contribution is 5.91. The number of hydrogen-bond donors (Lipinski definition) is 2. The van der Waals surface area contributed by atoms with Gasteiger partial charge >= 0.3 is 12.1 Å². The summed E-state index contributed by atoms with van der Waals surface area (Å²) in [5.41, 5.74) is 0.729. The number of ether oxygens (including phenoxy) is 3. The van der Waals surface area contributed by atoms with Crippen molar-refractivity contribution in [1.82, 2.24) is 9.88 Å². The molecular formula is C32H33N3O8. The number of rotatable bonds is 11. The van der Waals surface area contributed by atoms with E-state index in [-0.39, 0.29) is 31.1 Å². The van der Waals surface area contributed by atoms with Crippen molar-refractivity contribution in [2.75, 3.05) is 18.5 Å². The molecule has 2 heterocycles. The van der Waals surface area contributed by atoms with Crippen molar-refractivity contribution in [2.45, 2.75) is 45.4 Å². The van der Waals surface area contributed by atoms with Crippen molar-refractivity contribution in [1.29, 1.82) is 0 Å². The van der Waals surface area contributed by atoms with Crippen LogP contribution in [-0.2, 0) is 41.6 Å². The molecule has 224 valence electrons. The third kappa shape index (κ3) is 9.15. The van der Waals surface area contributed by atoms with E-state index in [1.807, 2.05) is 36.4 Å². The van der Waals surface area contributed by atoms with Crippen LogP contribution in [0, 0.1) is 0 Å². The predicted octanol–water partition coefficient (Wildman–Crippen LogP) is 3.62. The highest BCUT2D eigenvalue weighted by Gasteiger charge is 2.25. The quantitative estimate of drug-likeness (QED) is 0.324. The Morgan fingerprint density at radius 3 is 2.28 bits per heavy atom. The maximum Gasteiger partial charge on any atom is 0.412 e. The molecule has 2 aromatic carbocycles. The Hall–Kier alpha value is -5.19. The fourth-order valence-corrected chi connectivity index (χ4v) is 4.28. The summed E-state index contributed by atoms with van der Waals surface area (Å²) in [6.45, 7) is 4.32. The fourth-order valence-electron chi connectivity index (χ4n) is 4.28. The summed E-state index contributed by atoms with van der Waals surface area (Å²) in [7, 11) is 0. The Balaban J connectivity index is 1.56. The molecule has 0 saturated carbocycles. The minimum atomic E-state index is -0.975. The molecule has 2 N–H and O–H groups in total. The number of hydrogen-bond acceptors (Lipinski definition) is 8. The molecule has 0 spiro atoms. The number of cyclic esters (lactones) is 1. The lowest BCUT2D eigenvalue weighted by atomic mass is 10.0. The Kier molecular flexibility index (Phi) is 9.76. The number of anilines is 1. The van der Waals surface area contributed by atoms with E-state index in [2.05, 4.69) is 10.6 Å². The lowest BCUT2D eigenvalue weighted by Crippen LogP contribution is -2.46. The van der Waals surface area contributed by atoms with E-state index in [9.17, 15) is 24.0 Å². The molecule has 1 unspecified atom stereocenters. The summed E-state index contributed by atoms with van der Waals surface area (Å²) in [5, 5.41) is 5.32. The first-order chi connectivity index (χ1) is 20.5. The largest absolute Gasteiger partial charge is 0.486 e. The zero-order chi connectivity index (χ0) is 31.0. The average Bonchev–Trinajstić information content (AvgIpc) is 3.37. The van der Waals surface area contributed by atoms with Gasteiger partial charge in [0.1, 0.15) is 31.1 Å². The third-order valence-electron chi connectivity index (χ3n) is 6.19. The van der Waals surface area contributed by atoms with Gasteiger partial charge in [-0.05, 0) is 44.4 Å².